The highest BCUT2D eigenvalue weighted by Crippen LogP contribution is 2.15. The second-order valence-corrected chi connectivity index (χ2v) is 10.6. The van der Waals surface area contributed by atoms with E-state index in [2.05, 4.69) is 25.4 Å². The summed E-state index contributed by atoms with van der Waals surface area (Å²) in [6, 6.07) is 4.26. The van der Waals surface area contributed by atoms with E-state index in [-0.39, 0.29) is 30.8 Å². The molecule has 0 saturated carbocycles. The number of amides is 3. The third-order valence-corrected chi connectivity index (χ3v) is 4.67. The Kier molecular flexibility index (Phi) is 15.8. The Balaban J connectivity index is 0.000000865. The molecular weight excluding hydrogens is 540 g/mol. The lowest BCUT2D eigenvalue weighted by molar-refractivity contribution is -0.143. The van der Waals surface area contributed by atoms with Crippen LogP contribution >= 0.6 is 0 Å². The number of aromatic hydroxyl groups is 1. The van der Waals surface area contributed by atoms with E-state index in [1.807, 2.05) is 0 Å². The summed E-state index contributed by atoms with van der Waals surface area (Å²) >= 11 is 0. The molecule has 1 aromatic rings. The number of nitrogens with one attached hydrogen (secondary N) is 3. The fourth-order valence-corrected chi connectivity index (χ4v) is 2.84. The number of nitrogens with two attached hydrogens (primary N) is 1. The third kappa shape index (κ3) is 17.3. The number of carbonyl (C=O) groups is 5. The fraction of sp³-hybridized carbons (Fsp3) is 0.593. The van der Waals surface area contributed by atoms with Gasteiger partial charge in [-0.2, -0.15) is 0 Å². The highest BCUT2D eigenvalue weighted by Gasteiger charge is 2.24. The lowest BCUT2D eigenvalue weighted by atomic mass is 10.1. The van der Waals surface area contributed by atoms with E-state index < -0.39 is 53.3 Å². The van der Waals surface area contributed by atoms with Gasteiger partial charge in [0.15, 0.2) is 0 Å². The van der Waals surface area contributed by atoms with Gasteiger partial charge in [-0.05, 0) is 66.5 Å². The molecule has 14 heteroatoms. The number of benzene rings is 1. The Morgan fingerprint density at radius 3 is 1.71 bits per heavy atom. The van der Waals surface area contributed by atoms with Crippen molar-refractivity contribution in [3.63, 3.8) is 0 Å². The molecule has 3 amide bonds. The van der Waals surface area contributed by atoms with Crippen LogP contribution in [0.25, 0.3) is 0 Å². The molecule has 41 heavy (non-hydrogen) atoms. The van der Waals surface area contributed by atoms with E-state index in [9.17, 15) is 29.1 Å². The van der Waals surface area contributed by atoms with E-state index in [1.165, 1.54) is 26.4 Å². The Morgan fingerprint density at radius 1 is 0.805 bits per heavy atom. The Bertz CT molecular complexity index is 1020. The van der Waals surface area contributed by atoms with Gasteiger partial charge >= 0.3 is 24.1 Å². The number of ether oxygens (including phenoxy) is 4. The Labute approximate surface area is 240 Å². The van der Waals surface area contributed by atoms with Crippen LogP contribution in [0.3, 0.4) is 0 Å². The molecule has 0 saturated heterocycles. The predicted octanol–water partition coefficient (Wildman–Crippen LogP) is 1.98. The van der Waals surface area contributed by atoms with Crippen LogP contribution in [0.1, 0.15) is 64.7 Å². The molecule has 0 spiro atoms. The van der Waals surface area contributed by atoms with Crippen LogP contribution < -0.4 is 21.7 Å². The number of methoxy groups -OCH3 is 2. The number of alkyl carbamates (subject to hydrolysis) is 2. The normalized spacial score (nSPS) is 12.3. The zero-order valence-corrected chi connectivity index (χ0v) is 25.0. The molecule has 0 aliphatic carbocycles. The standard InChI is InChI=1S/C17H24N2O6.C10H20N2O4/c1-17(2,3)25-16(23)18-10-9-12(15(22)24-4)19-14(21)11-7-5-6-8-13(11)20;1-10(2,3)16-9(14)12-6-5-7(11)8(13)15-4/h5-8,12,20H,9-10H2,1-4H3,(H,18,23)(H,19,21);7H,5-6,11H2,1-4H3,(H,12,14). The number of hydrogen-bond donors (Lipinski definition) is 5. The first kappa shape index (κ1) is 36.9. The van der Waals surface area contributed by atoms with Crippen LogP contribution in [0.5, 0.6) is 5.75 Å². The van der Waals surface area contributed by atoms with E-state index in [4.69, 9.17) is 15.2 Å². The van der Waals surface area contributed by atoms with E-state index in [0.717, 1.165) is 0 Å². The summed E-state index contributed by atoms with van der Waals surface area (Å²) in [5.41, 5.74) is 4.35. The molecule has 0 aromatic heterocycles. The summed E-state index contributed by atoms with van der Waals surface area (Å²) in [5.74, 6) is -1.97. The van der Waals surface area contributed by atoms with Crippen LogP contribution in [0.2, 0.25) is 0 Å². The van der Waals surface area contributed by atoms with Crippen molar-refractivity contribution in [2.45, 2.75) is 77.7 Å². The SMILES string of the molecule is COC(=O)C(CCNC(=O)OC(C)(C)C)NC(=O)c1ccccc1O.COC(=O)C(N)CCNC(=O)OC(C)(C)C. The molecule has 2 atom stereocenters. The van der Waals surface area contributed by atoms with Gasteiger partial charge in [0, 0.05) is 13.1 Å². The number of carbonyl (C=O) groups excluding carboxylic acids is 5. The Hall–Kier alpha value is -4.07. The van der Waals surface area contributed by atoms with Gasteiger partial charge in [-0.3, -0.25) is 9.59 Å². The smallest absolute Gasteiger partial charge is 0.407 e. The van der Waals surface area contributed by atoms with Gasteiger partial charge in [0.1, 0.15) is 29.0 Å². The molecule has 1 rings (SSSR count). The predicted molar refractivity (Wildman–Crippen MR) is 149 cm³/mol. The molecular formula is C27H44N4O10. The van der Waals surface area contributed by atoms with Gasteiger partial charge < -0.3 is 45.7 Å². The number of rotatable bonds is 10. The van der Waals surface area contributed by atoms with Crippen molar-refractivity contribution in [1.82, 2.24) is 16.0 Å². The van der Waals surface area contributed by atoms with Crippen LogP contribution in [0.4, 0.5) is 9.59 Å². The van der Waals surface area contributed by atoms with Crippen molar-refractivity contribution < 1.29 is 48.0 Å². The number of phenols is 1. The maximum Gasteiger partial charge on any atom is 0.407 e. The van der Waals surface area contributed by atoms with Crippen molar-refractivity contribution in [3.05, 3.63) is 29.8 Å². The second kappa shape index (κ2) is 17.6. The summed E-state index contributed by atoms with van der Waals surface area (Å²) in [4.78, 5) is 57.7. The summed E-state index contributed by atoms with van der Waals surface area (Å²) in [6.07, 6.45) is -0.732. The molecule has 1 aromatic carbocycles. The molecule has 0 aliphatic rings. The van der Waals surface area contributed by atoms with Crippen molar-refractivity contribution in [2.24, 2.45) is 5.73 Å². The number of esters is 2. The number of para-hydroxylation sites is 1. The van der Waals surface area contributed by atoms with Gasteiger partial charge in [0.2, 0.25) is 0 Å². The highest BCUT2D eigenvalue weighted by atomic mass is 16.6. The van der Waals surface area contributed by atoms with Crippen LogP contribution in [0.15, 0.2) is 24.3 Å². The van der Waals surface area contributed by atoms with Gasteiger partial charge in [-0.25, -0.2) is 14.4 Å². The van der Waals surface area contributed by atoms with Gasteiger partial charge in [0.25, 0.3) is 5.91 Å². The number of hydrogen-bond acceptors (Lipinski definition) is 11. The lowest BCUT2D eigenvalue weighted by Crippen LogP contribution is -2.44. The summed E-state index contributed by atoms with van der Waals surface area (Å²) < 4.78 is 19.2. The van der Waals surface area contributed by atoms with E-state index in [0.29, 0.717) is 6.42 Å². The quantitative estimate of drug-likeness (QED) is 0.199. The average Bonchev–Trinajstić information content (AvgIpc) is 2.85. The largest absolute Gasteiger partial charge is 0.507 e. The molecule has 2 unspecified atom stereocenters. The van der Waals surface area contributed by atoms with Crippen molar-refractivity contribution in [2.75, 3.05) is 27.3 Å². The topological polar surface area (TPSA) is 205 Å². The van der Waals surface area contributed by atoms with Crippen LogP contribution in [-0.2, 0) is 28.5 Å². The maximum atomic E-state index is 12.2. The van der Waals surface area contributed by atoms with Gasteiger partial charge in [0.05, 0.1) is 19.8 Å². The van der Waals surface area contributed by atoms with Crippen molar-refractivity contribution in [3.8, 4) is 5.75 Å². The third-order valence-electron chi connectivity index (χ3n) is 4.67. The van der Waals surface area contributed by atoms with Crippen molar-refractivity contribution in [1.29, 1.82) is 0 Å². The average molecular weight is 585 g/mol. The first-order valence-electron chi connectivity index (χ1n) is 12.8. The van der Waals surface area contributed by atoms with E-state index >= 15 is 0 Å². The van der Waals surface area contributed by atoms with Crippen molar-refractivity contribution >= 4 is 30.0 Å². The fourth-order valence-electron chi connectivity index (χ4n) is 2.84. The first-order valence-corrected chi connectivity index (χ1v) is 12.8. The summed E-state index contributed by atoms with van der Waals surface area (Å²) in [6.45, 7) is 10.9. The Morgan fingerprint density at radius 2 is 1.27 bits per heavy atom. The molecule has 0 aliphatic heterocycles. The van der Waals surface area contributed by atoms with Crippen LogP contribution in [0, 0.1) is 0 Å². The monoisotopic (exact) mass is 584 g/mol. The molecule has 0 radical (unpaired) electrons. The first-order chi connectivity index (χ1) is 18.9. The summed E-state index contributed by atoms with van der Waals surface area (Å²) in [5, 5.41) is 17.2. The highest BCUT2D eigenvalue weighted by molar-refractivity contribution is 5.98. The minimum atomic E-state index is -0.980. The second-order valence-electron chi connectivity index (χ2n) is 10.6. The zero-order chi connectivity index (χ0) is 31.8. The zero-order valence-electron chi connectivity index (χ0n) is 25.0. The number of phenolic OH excluding ortho intramolecular Hbond substituents is 1. The van der Waals surface area contributed by atoms with Crippen LogP contribution in [-0.4, -0.2) is 85.7 Å². The lowest BCUT2D eigenvalue weighted by Gasteiger charge is -2.21. The molecule has 6 N–H and O–H groups in total. The minimum Gasteiger partial charge on any atom is -0.507 e. The summed E-state index contributed by atoms with van der Waals surface area (Å²) in [7, 11) is 2.46. The maximum absolute atomic E-state index is 12.2. The molecule has 0 fully saturated rings. The minimum absolute atomic E-state index is 0.0384. The molecule has 232 valence electrons. The molecule has 0 heterocycles. The van der Waals surface area contributed by atoms with Gasteiger partial charge in [-0.15, -0.1) is 0 Å². The molecule has 0 bridgehead atoms. The van der Waals surface area contributed by atoms with E-state index in [1.54, 1.807) is 53.7 Å². The molecule has 14 nitrogen and oxygen atoms in total. The van der Waals surface area contributed by atoms with Gasteiger partial charge in [-0.1, -0.05) is 12.1 Å².